The summed E-state index contributed by atoms with van der Waals surface area (Å²) in [6, 6.07) is 0.829. The number of aromatic amines is 1. The fourth-order valence-corrected chi connectivity index (χ4v) is 2.69. The molecule has 1 saturated carbocycles. The van der Waals surface area contributed by atoms with E-state index in [2.05, 4.69) is 19.9 Å². The third-order valence-electron chi connectivity index (χ3n) is 2.73. The smallest absolute Gasteiger partial charge is 0.329 e. The van der Waals surface area contributed by atoms with E-state index in [1.54, 1.807) is 0 Å². The van der Waals surface area contributed by atoms with Crippen LogP contribution in [0.3, 0.4) is 0 Å². The lowest BCUT2D eigenvalue weighted by atomic mass is 10.4. The van der Waals surface area contributed by atoms with Crippen LogP contribution in [0, 0.1) is 0 Å². The van der Waals surface area contributed by atoms with E-state index in [0.717, 1.165) is 25.1 Å². The minimum Gasteiger partial charge on any atom is -0.407 e. The van der Waals surface area contributed by atoms with Crippen LogP contribution in [0.25, 0.3) is 0 Å². The Balaban J connectivity index is 1.86. The Kier molecular flexibility index (Phi) is 3.02. The maximum atomic E-state index is 12.0. The van der Waals surface area contributed by atoms with Crippen LogP contribution in [-0.4, -0.2) is 23.6 Å². The van der Waals surface area contributed by atoms with Gasteiger partial charge in [0.1, 0.15) is 9.92 Å². The van der Waals surface area contributed by atoms with Crippen molar-refractivity contribution in [1.29, 1.82) is 0 Å². The van der Waals surface area contributed by atoms with Crippen LogP contribution in [0.15, 0.2) is 26.4 Å². The normalized spacial score (nSPS) is 15.2. The summed E-state index contributed by atoms with van der Waals surface area (Å²) in [5, 5.41) is 7.15. The van der Waals surface area contributed by atoms with E-state index < -0.39 is 15.6 Å². The van der Waals surface area contributed by atoms with Crippen LogP contribution in [0.5, 0.6) is 0 Å². The van der Waals surface area contributed by atoms with Crippen molar-refractivity contribution < 1.29 is 12.8 Å². The van der Waals surface area contributed by atoms with Gasteiger partial charge in [-0.2, -0.15) is 0 Å². The highest BCUT2D eigenvalue weighted by Crippen LogP contribution is 2.39. The van der Waals surface area contributed by atoms with Gasteiger partial charge in [0.15, 0.2) is 0 Å². The molecule has 0 aliphatic heterocycles. The van der Waals surface area contributed by atoms with E-state index in [4.69, 9.17) is 16.0 Å². The highest BCUT2D eigenvalue weighted by molar-refractivity contribution is 7.92. The molecule has 2 N–H and O–H groups in total. The zero-order valence-electron chi connectivity index (χ0n) is 9.96. The number of nitrogens with one attached hydrogen (secondary N) is 2. The number of hydrogen-bond donors (Lipinski definition) is 2. The van der Waals surface area contributed by atoms with Crippen molar-refractivity contribution in [2.24, 2.45) is 0 Å². The summed E-state index contributed by atoms with van der Waals surface area (Å²) in [5.41, 5.74) is -0.570. The zero-order chi connectivity index (χ0) is 14.3. The zero-order valence-corrected chi connectivity index (χ0v) is 11.5. The van der Waals surface area contributed by atoms with Gasteiger partial charge in [-0.15, -0.1) is 5.10 Å². The number of halogens is 1. The molecule has 1 aliphatic rings. The van der Waals surface area contributed by atoms with Crippen molar-refractivity contribution >= 4 is 27.6 Å². The molecule has 1 aliphatic carbocycles. The molecule has 0 radical (unpaired) electrons. The summed E-state index contributed by atoms with van der Waals surface area (Å²) in [5.74, 6) is 0.644. The van der Waals surface area contributed by atoms with Gasteiger partial charge < -0.3 is 9.40 Å². The predicted octanol–water partition coefficient (Wildman–Crippen LogP) is 1.09. The maximum Gasteiger partial charge on any atom is 0.329 e. The van der Waals surface area contributed by atoms with E-state index in [1.165, 1.54) is 0 Å². The molecule has 20 heavy (non-hydrogen) atoms. The number of H-pyrrole nitrogens is 1. The number of rotatable bonds is 4. The predicted molar refractivity (Wildman–Crippen MR) is 69.2 cm³/mol. The topological polar surface area (TPSA) is 118 Å². The molecule has 0 aromatic carbocycles. The molecule has 106 valence electrons. The van der Waals surface area contributed by atoms with Crippen molar-refractivity contribution in [3.8, 4) is 0 Å². The second kappa shape index (κ2) is 4.60. The van der Waals surface area contributed by atoms with Crippen LogP contribution in [0.4, 0.5) is 6.01 Å². The third-order valence-corrected chi connectivity index (χ3v) is 4.31. The molecule has 8 nitrogen and oxygen atoms in total. The van der Waals surface area contributed by atoms with Crippen molar-refractivity contribution in [2.45, 2.75) is 23.7 Å². The van der Waals surface area contributed by atoms with Gasteiger partial charge in [-0.05, 0) is 18.9 Å². The molecular weight excluding hydrogens is 308 g/mol. The number of hydrogen-bond acceptors (Lipinski definition) is 6. The monoisotopic (exact) mass is 316 g/mol. The van der Waals surface area contributed by atoms with E-state index in [-0.39, 0.29) is 21.9 Å². The SMILES string of the molecule is O=c1[nH]cc(S(=O)(=O)Nc2nnc(C3CC3)o2)cc1Cl. The van der Waals surface area contributed by atoms with Gasteiger partial charge >= 0.3 is 6.01 Å². The molecular formula is C10H9ClN4O4S. The van der Waals surface area contributed by atoms with E-state index in [0.29, 0.717) is 5.89 Å². The first-order chi connectivity index (χ1) is 9.45. The van der Waals surface area contributed by atoms with E-state index in [9.17, 15) is 13.2 Å². The summed E-state index contributed by atoms with van der Waals surface area (Å²) in [4.78, 5) is 13.1. The largest absolute Gasteiger partial charge is 0.407 e. The first-order valence-corrected chi connectivity index (χ1v) is 7.56. The highest BCUT2D eigenvalue weighted by atomic mass is 35.5. The van der Waals surface area contributed by atoms with Crippen molar-refractivity contribution in [3.05, 3.63) is 33.5 Å². The van der Waals surface area contributed by atoms with Gasteiger partial charge in [0, 0.05) is 12.1 Å². The highest BCUT2D eigenvalue weighted by Gasteiger charge is 2.30. The molecule has 3 rings (SSSR count). The average Bonchev–Trinajstić information content (AvgIpc) is 3.14. The Bertz CT molecular complexity index is 809. The molecule has 2 aromatic heterocycles. The van der Waals surface area contributed by atoms with Gasteiger partial charge in [0.2, 0.25) is 5.89 Å². The summed E-state index contributed by atoms with van der Waals surface area (Å²) in [6.07, 6.45) is 2.96. The number of nitrogens with zero attached hydrogens (tertiary/aromatic N) is 2. The lowest BCUT2D eigenvalue weighted by molar-refractivity contribution is 0.510. The van der Waals surface area contributed by atoms with Gasteiger partial charge in [0.25, 0.3) is 15.6 Å². The summed E-state index contributed by atoms with van der Waals surface area (Å²) in [7, 11) is -3.95. The number of aromatic nitrogens is 3. The first-order valence-electron chi connectivity index (χ1n) is 5.70. The van der Waals surface area contributed by atoms with Gasteiger partial charge in [-0.1, -0.05) is 16.7 Å². The van der Waals surface area contributed by atoms with Crippen LogP contribution in [-0.2, 0) is 10.0 Å². The molecule has 2 aromatic rings. The summed E-state index contributed by atoms with van der Waals surface area (Å²) >= 11 is 5.59. The molecule has 1 fully saturated rings. The number of pyridine rings is 1. The Hall–Kier alpha value is -1.87. The molecule has 0 spiro atoms. The lowest BCUT2D eigenvalue weighted by Gasteiger charge is -2.03. The van der Waals surface area contributed by atoms with E-state index in [1.807, 2.05) is 0 Å². The molecule has 10 heteroatoms. The molecule has 0 atom stereocenters. The standard InChI is InChI=1S/C10H9ClN4O4S/c11-7-3-6(4-12-8(7)16)20(17,18)15-10-14-13-9(19-10)5-1-2-5/h3-5H,1-2H2,(H,12,16)(H,14,15). The minimum atomic E-state index is -3.95. The maximum absolute atomic E-state index is 12.0. The van der Waals surface area contributed by atoms with Crippen LogP contribution < -0.4 is 10.3 Å². The van der Waals surface area contributed by atoms with Gasteiger partial charge in [0.05, 0.1) is 0 Å². The van der Waals surface area contributed by atoms with Crippen LogP contribution >= 0.6 is 11.6 Å². The van der Waals surface area contributed by atoms with Gasteiger partial charge in [-0.25, -0.2) is 13.1 Å². The Labute approximate surface area is 118 Å². The summed E-state index contributed by atoms with van der Waals surface area (Å²) in [6.45, 7) is 0. The molecule has 0 amide bonds. The molecule has 0 unspecified atom stereocenters. The van der Waals surface area contributed by atoms with Crippen molar-refractivity contribution in [1.82, 2.24) is 15.2 Å². The second-order valence-corrected chi connectivity index (χ2v) is 6.43. The lowest BCUT2D eigenvalue weighted by Crippen LogP contribution is -2.16. The first kappa shape index (κ1) is 13.1. The fraction of sp³-hybridized carbons (Fsp3) is 0.300. The number of anilines is 1. The van der Waals surface area contributed by atoms with Crippen LogP contribution in [0.2, 0.25) is 5.02 Å². The Morgan fingerprint density at radius 2 is 2.15 bits per heavy atom. The molecule has 0 bridgehead atoms. The minimum absolute atomic E-state index is 0.201. The van der Waals surface area contributed by atoms with Crippen LogP contribution in [0.1, 0.15) is 24.7 Å². The number of sulfonamides is 1. The summed E-state index contributed by atoms with van der Waals surface area (Å²) < 4.78 is 31.4. The second-order valence-electron chi connectivity index (χ2n) is 4.34. The Morgan fingerprint density at radius 3 is 2.80 bits per heavy atom. The molecule has 2 heterocycles. The fourth-order valence-electron chi connectivity index (χ4n) is 1.54. The molecule has 0 saturated heterocycles. The van der Waals surface area contributed by atoms with Crippen molar-refractivity contribution in [2.75, 3.05) is 4.72 Å². The average molecular weight is 317 g/mol. The van der Waals surface area contributed by atoms with E-state index >= 15 is 0 Å². The van der Waals surface area contributed by atoms with Crippen molar-refractivity contribution in [3.63, 3.8) is 0 Å². The third kappa shape index (κ3) is 2.54. The Morgan fingerprint density at radius 1 is 1.40 bits per heavy atom. The van der Waals surface area contributed by atoms with Gasteiger partial charge in [-0.3, -0.25) is 4.79 Å². The quantitative estimate of drug-likeness (QED) is 0.871.